The number of hydrogen-bond donors (Lipinski definition) is 1. The highest BCUT2D eigenvalue weighted by molar-refractivity contribution is 5.80. The van der Waals surface area contributed by atoms with Crippen LogP contribution in [0, 0.1) is 0 Å². The number of H-pyrrole nitrogens is 1. The predicted octanol–water partition coefficient (Wildman–Crippen LogP) is -0.612. The summed E-state index contributed by atoms with van der Waals surface area (Å²) in [5.41, 5.74) is 0. The number of carbonyl (C=O) groups is 1. The van der Waals surface area contributed by atoms with Crippen molar-refractivity contribution in [2.75, 3.05) is 18.4 Å². The molecule has 0 unspecified atom stereocenters. The first kappa shape index (κ1) is 5.13. The first-order valence-electron chi connectivity index (χ1n) is 4.64. The molecular weight excluding hydrogens is 162 g/mol. The number of Topliss-reactive ketones (excluding diaryl/α,β-unsaturated/α-hetero) is 1. The fraction of sp³-hybridized carbons (Fsp3) is 0.500. The molecule has 6 heteroatoms. The Bertz CT molecular complexity index is 407. The Morgan fingerprint density at radius 3 is 3.08 bits per heavy atom. The van der Waals surface area contributed by atoms with Crippen LogP contribution in [0.5, 0.6) is 0 Å². The van der Waals surface area contributed by atoms with Gasteiger partial charge < -0.3 is 4.90 Å². The van der Waals surface area contributed by atoms with E-state index in [1.807, 2.05) is 0 Å². The van der Waals surface area contributed by atoms with Crippen molar-refractivity contribution in [2.24, 2.45) is 0 Å². The minimum atomic E-state index is -2.56. The van der Waals surface area contributed by atoms with E-state index in [0.717, 1.165) is 0 Å². The van der Waals surface area contributed by atoms with E-state index in [2.05, 4.69) is 14.7 Å². The van der Waals surface area contributed by atoms with Crippen LogP contribution in [-0.2, 0) is 4.79 Å². The van der Waals surface area contributed by atoms with Crippen LogP contribution in [0.4, 0.5) is 5.95 Å². The van der Waals surface area contributed by atoms with Gasteiger partial charge in [-0.05, 0) is 12.1 Å². The van der Waals surface area contributed by atoms with Gasteiger partial charge >= 0.3 is 5.76 Å². The van der Waals surface area contributed by atoms with Gasteiger partial charge in [0.2, 0.25) is 5.95 Å². The zero-order chi connectivity index (χ0) is 11.6. The van der Waals surface area contributed by atoms with E-state index in [4.69, 9.17) is 4.11 Å². The highest BCUT2D eigenvalue weighted by Crippen LogP contribution is 1.98. The Hall–Kier alpha value is -1.59. The number of ketones is 1. The third-order valence-electron chi connectivity index (χ3n) is 1.07. The molecule has 0 fully saturated rings. The molecule has 1 aromatic heterocycles. The van der Waals surface area contributed by atoms with Gasteiger partial charge in [-0.25, -0.2) is 4.79 Å². The van der Waals surface area contributed by atoms with Crippen LogP contribution in [0.1, 0.15) is 11.0 Å². The topological polar surface area (TPSA) is 79.2 Å². The van der Waals surface area contributed by atoms with Crippen LogP contribution >= 0.6 is 0 Å². The van der Waals surface area contributed by atoms with Crippen LogP contribution in [-0.4, -0.2) is 29.4 Å². The van der Waals surface area contributed by atoms with Crippen molar-refractivity contribution in [2.45, 2.75) is 6.92 Å². The highest BCUT2D eigenvalue weighted by atomic mass is 16.5. The smallest absolute Gasteiger partial charge is 0.335 e. The van der Waals surface area contributed by atoms with Gasteiger partial charge in [-0.15, -0.1) is 0 Å². The summed E-state index contributed by atoms with van der Waals surface area (Å²) in [7, 11) is 0. The van der Waals surface area contributed by atoms with Crippen LogP contribution in [0.25, 0.3) is 0 Å². The summed E-state index contributed by atoms with van der Waals surface area (Å²) in [4.78, 5) is 24.2. The molecule has 0 bridgehead atoms. The lowest BCUT2D eigenvalue weighted by Crippen LogP contribution is -2.25. The number of nitrogens with zero attached hydrogens (tertiary/aromatic N) is 2. The van der Waals surface area contributed by atoms with Gasteiger partial charge in [0.25, 0.3) is 0 Å². The maximum Gasteiger partial charge on any atom is 0.440 e. The van der Waals surface area contributed by atoms with Crippen LogP contribution in [0.15, 0.2) is 9.32 Å². The van der Waals surface area contributed by atoms with Gasteiger partial charge in [-0.2, -0.15) is 0 Å². The van der Waals surface area contributed by atoms with Crippen molar-refractivity contribution in [3.05, 3.63) is 10.6 Å². The summed E-state index contributed by atoms with van der Waals surface area (Å²) < 4.78 is 25.6. The lowest BCUT2D eigenvalue weighted by molar-refractivity contribution is -0.115. The van der Waals surface area contributed by atoms with E-state index in [1.54, 1.807) is 0 Å². The zero-order valence-corrected chi connectivity index (χ0v) is 6.33. The fourth-order valence-corrected chi connectivity index (χ4v) is 0.636. The molecule has 1 heterocycles. The molecule has 6 nitrogen and oxygen atoms in total. The SMILES string of the molecule is [2H]C([2H])([2H])N(CC(C)=O)c1noc(=O)[nH]1. The Kier molecular flexibility index (Phi) is 1.37. The molecule has 0 atom stereocenters. The van der Waals surface area contributed by atoms with Gasteiger partial charge in [-0.3, -0.25) is 14.3 Å². The number of aromatic amines is 1. The number of aromatic nitrogens is 2. The van der Waals surface area contributed by atoms with Gasteiger partial charge in [0.05, 0.1) is 6.54 Å². The van der Waals surface area contributed by atoms with E-state index in [9.17, 15) is 9.59 Å². The summed E-state index contributed by atoms with van der Waals surface area (Å²) >= 11 is 0. The number of carbonyl (C=O) groups excluding carboxylic acids is 1. The molecule has 1 aromatic rings. The molecule has 12 heavy (non-hydrogen) atoms. The minimum Gasteiger partial charge on any atom is -0.335 e. The summed E-state index contributed by atoms with van der Waals surface area (Å²) in [6.45, 7) is -1.71. The Morgan fingerprint density at radius 2 is 2.67 bits per heavy atom. The summed E-state index contributed by atoms with van der Waals surface area (Å²) in [5, 5.41) is 3.21. The molecular formula is C6H9N3O3. The van der Waals surface area contributed by atoms with Crippen molar-refractivity contribution >= 4 is 11.7 Å². The molecule has 66 valence electrons. The highest BCUT2D eigenvalue weighted by Gasteiger charge is 2.07. The number of rotatable bonds is 3. The van der Waals surface area contributed by atoms with Crippen molar-refractivity contribution in [1.82, 2.24) is 10.1 Å². The number of nitrogens with one attached hydrogen (secondary N) is 1. The zero-order valence-electron chi connectivity index (χ0n) is 9.33. The van der Waals surface area contributed by atoms with Crippen molar-refractivity contribution in [1.29, 1.82) is 0 Å². The average molecular weight is 174 g/mol. The summed E-state index contributed by atoms with van der Waals surface area (Å²) in [6.07, 6.45) is 0. The normalized spacial score (nSPS) is 14.6. The largest absolute Gasteiger partial charge is 0.440 e. The van der Waals surface area contributed by atoms with E-state index in [-0.39, 0.29) is 18.3 Å². The second-order valence-corrected chi connectivity index (χ2v) is 2.21. The molecule has 0 spiro atoms. The van der Waals surface area contributed by atoms with E-state index in [1.165, 1.54) is 6.92 Å². The van der Waals surface area contributed by atoms with Gasteiger partial charge in [0, 0.05) is 11.1 Å². The monoisotopic (exact) mass is 174 g/mol. The lowest BCUT2D eigenvalue weighted by atomic mass is 10.4. The minimum absolute atomic E-state index is 0.282. The Morgan fingerprint density at radius 1 is 1.92 bits per heavy atom. The van der Waals surface area contributed by atoms with Gasteiger partial charge in [0.15, 0.2) is 0 Å². The van der Waals surface area contributed by atoms with Gasteiger partial charge in [-0.1, -0.05) is 0 Å². The van der Waals surface area contributed by atoms with Crippen molar-refractivity contribution in [3.63, 3.8) is 0 Å². The summed E-state index contributed by atoms with van der Waals surface area (Å²) in [5.74, 6) is -1.52. The van der Waals surface area contributed by atoms with Crippen molar-refractivity contribution < 1.29 is 13.4 Å². The standard InChI is InChI=1S/C6H9N3O3/c1-4(10)3-9(2)5-7-6(11)12-8-5/h3H2,1-2H3,(H,7,8,11)/i2D3. The quantitative estimate of drug-likeness (QED) is 0.661. The first-order valence-corrected chi connectivity index (χ1v) is 3.14. The van der Waals surface area contributed by atoms with Crippen LogP contribution in [0.2, 0.25) is 0 Å². The Labute approximate surface area is 72.4 Å². The molecule has 0 aliphatic rings. The first-order chi connectivity index (χ1) is 6.80. The molecule has 0 saturated heterocycles. The van der Waals surface area contributed by atoms with E-state index in [0.29, 0.717) is 4.90 Å². The van der Waals surface area contributed by atoms with Crippen molar-refractivity contribution in [3.8, 4) is 0 Å². The van der Waals surface area contributed by atoms with E-state index >= 15 is 0 Å². The second-order valence-electron chi connectivity index (χ2n) is 2.21. The fourth-order valence-electron chi connectivity index (χ4n) is 0.636. The Balaban J connectivity index is 3.01. The third-order valence-corrected chi connectivity index (χ3v) is 1.07. The maximum absolute atomic E-state index is 10.8. The van der Waals surface area contributed by atoms with Gasteiger partial charge in [0.1, 0.15) is 5.78 Å². The molecule has 0 aromatic carbocycles. The molecule has 0 amide bonds. The van der Waals surface area contributed by atoms with Crippen LogP contribution in [0.3, 0.4) is 0 Å². The molecule has 0 aliphatic carbocycles. The summed E-state index contributed by atoms with van der Waals surface area (Å²) in [6, 6.07) is 0. The molecule has 0 aliphatic heterocycles. The second kappa shape index (κ2) is 3.21. The molecule has 1 rings (SSSR count). The third kappa shape index (κ3) is 1.94. The number of hydrogen-bond acceptors (Lipinski definition) is 5. The van der Waals surface area contributed by atoms with E-state index < -0.39 is 12.7 Å². The molecule has 0 saturated carbocycles. The molecule has 1 N–H and O–H groups in total. The average Bonchev–Trinajstić information content (AvgIpc) is 2.45. The molecule has 0 radical (unpaired) electrons. The number of likely N-dealkylation sites (N-methyl/N-ethyl adjacent to an activating group) is 1. The number of anilines is 1. The lowest BCUT2D eigenvalue weighted by Gasteiger charge is -2.10. The predicted molar refractivity (Wildman–Crippen MR) is 41.1 cm³/mol. The maximum atomic E-state index is 10.8. The van der Waals surface area contributed by atoms with Crippen LogP contribution < -0.4 is 10.7 Å².